The third-order valence-electron chi connectivity index (χ3n) is 2.67. The minimum absolute atomic E-state index is 0.241. The molecule has 0 fully saturated rings. The van der Waals surface area contributed by atoms with E-state index in [-0.39, 0.29) is 10.2 Å². The zero-order chi connectivity index (χ0) is 15.6. The Morgan fingerprint density at radius 2 is 2.29 bits per heavy atom. The molecule has 21 heavy (non-hydrogen) atoms. The first kappa shape index (κ1) is 15.7. The number of sulfonamides is 1. The van der Waals surface area contributed by atoms with Gasteiger partial charge in [0.1, 0.15) is 11.7 Å². The van der Waals surface area contributed by atoms with Gasteiger partial charge in [0.15, 0.2) is 10.2 Å². The molecule has 2 rings (SSSR count). The highest BCUT2D eigenvalue weighted by Gasteiger charge is 2.30. The van der Waals surface area contributed by atoms with Crippen molar-refractivity contribution >= 4 is 33.2 Å². The largest absolute Gasteiger partial charge is 0.468 e. The molecule has 0 saturated carbocycles. The number of halogens is 1. The molecule has 0 bridgehead atoms. The zero-order valence-electron chi connectivity index (χ0n) is 10.9. The van der Waals surface area contributed by atoms with Crippen LogP contribution in [0.1, 0.15) is 0 Å². The number of aliphatic hydroxyl groups is 1. The fourth-order valence-corrected chi connectivity index (χ4v) is 3.55. The maximum absolute atomic E-state index is 12.3. The number of methoxy groups -OCH3 is 1. The van der Waals surface area contributed by atoms with Gasteiger partial charge in [0, 0.05) is 6.20 Å². The molecule has 2 N–H and O–H groups in total. The van der Waals surface area contributed by atoms with Gasteiger partial charge in [-0.05, 0) is 12.1 Å². The lowest BCUT2D eigenvalue weighted by molar-refractivity contribution is -0.143. The highest BCUT2D eigenvalue weighted by atomic mass is 35.5. The van der Waals surface area contributed by atoms with E-state index in [1.807, 2.05) is 4.72 Å². The summed E-state index contributed by atoms with van der Waals surface area (Å²) in [5, 5.41) is 8.53. The van der Waals surface area contributed by atoms with Crippen molar-refractivity contribution in [2.75, 3.05) is 13.7 Å². The third-order valence-corrected chi connectivity index (χ3v) is 4.54. The lowest BCUT2D eigenvalue weighted by atomic mass is 10.3. The van der Waals surface area contributed by atoms with Crippen LogP contribution in [0.15, 0.2) is 29.4 Å². The number of aromatic nitrogens is 2. The number of carbonyl (C=O) groups is 1. The van der Waals surface area contributed by atoms with Crippen LogP contribution in [0.4, 0.5) is 0 Å². The van der Waals surface area contributed by atoms with Crippen molar-refractivity contribution in [2.45, 2.75) is 11.1 Å². The van der Waals surface area contributed by atoms with E-state index in [9.17, 15) is 13.2 Å². The number of pyridine rings is 1. The molecule has 1 unspecified atom stereocenters. The Kier molecular flexibility index (Phi) is 4.47. The predicted molar refractivity (Wildman–Crippen MR) is 73.4 cm³/mol. The van der Waals surface area contributed by atoms with Gasteiger partial charge in [-0.2, -0.15) is 4.72 Å². The van der Waals surface area contributed by atoms with Crippen LogP contribution >= 0.6 is 11.6 Å². The minimum atomic E-state index is -4.18. The zero-order valence-corrected chi connectivity index (χ0v) is 12.4. The summed E-state index contributed by atoms with van der Waals surface area (Å²) in [6.07, 6.45) is 1.47. The van der Waals surface area contributed by atoms with Crippen molar-refractivity contribution in [1.29, 1.82) is 0 Å². The molecule has 0 aliphatic carbocycles. The molecule has 10 heteroatoms. The van der Waals surface area contributed by atoms with Crippen LogP contribution in [0.25, 0.3) is 5.65 Å². The highest BCUT2D eigenvalue weighted by molar-refractivity contribution is 7.89. The van der Waals surface area contributed by atoms with E-state index in [2.05, 4.69) is 9.72 Å². The number of hydrogen-bond acceptors (Lipinski definition) is 6. The van der Waals surface area contributed by atoms with Crippen LogP contribution < -0.4 is 4.72 Å². The van der Waals surface area contributed by atoms with E-state index < -0.39 is 28.6 Å². The molecule has 0 amide bonds. The van der Waals surface area contributed by atoms with E-state index in [0.717, 1.165) is 7.11 Å². The first-order valence-electron chi connectivity index (χ1n) is 5.74. The van der Waals surface area contributed by atoms with Crippen molar-refractivity contribution < 1.29 is 23.1 Å². The molecule has 0 spiro atoms. The van der Waals surface area contributed by atoms with Gasteiger partial charge in [0.05, 0.1) is 13.7 Å². The molecule has 0 aliphatic heterocycles. The molecule has 1 atom stereocenters. The summed E-state index contributed by atoms with van der Waals surface area (Å²) in [5.74, 6) is -0.911. The lowest BCUT2D eigenvalue weighted by Crippen LogP contribution is -2.44. The molecular formula is C11H12ClN3O5S. The first-order valence-corrected chi connectivity index (χ1v) is 7.60. The number of fused-ring (bicyclic) bond motifs is 1. The summed E-state index contributed by atoms with van der Waals surface area (Å²) in [4.78, 5) is 15.3. The van der Waals surface area contributed by atoms with Gasteiger partial charge in [-0.15, -0.1) is 0 Å². The normalized spacial score (nSPS) is 13.3. The number of imidazole rings is 1. The molecule has 2 aromatic rings. The molecule has 2 heterocycles. The third kappa shape index (κ3) is 3.00. The fourth-order valence-electron chi connectivity index (χ4n) is 1.73. The Labute approximate surface area is 125 Å². The van der Waals surface area contributed by atoms with Gasteiger partial charge in [-0.1, -0.05) is 17.7 Å². The molecule has 2 aromatic heterocycles. The topological polar surface area (TPSA) is 110 Å². The Balaban J connectivity index is 2.47. The van der Waals surface area contributed by atoms with Gasteiger partial charge in [0.2, 0.25) is 0 Å². The van der Waals surface area contributed by atoms with E-state index in [0.29, 0.717) is 5.65 Å². The standard InChI is InChI=1S/C11H12ClN3O5S/c1-20-11(17)7(6-16)14-21(18,19)10-9(12)13-8-4-2-3-5-15(8)10/h2-5,7,14,16H,6H2,1H3. The van der Waals surface area contributed by atoms with Gasteiger partial charge in [-0.25, -0.2) is 13.4 Å². The average molecular weight is 334 g/mol. The van der Waals surface area contributed by atoms with Crippen LogP contribution in [0.5, 0.6) is 0 Å². The van der Waals surface area contributed by atoms with Crippen LogP contribution in [0.2, 0.25) is 5.15 Å². The van der Waals surface area contributed by atoms with Crippen molar-refractivity contribution in [1.82, 2.24) is 14.1 Å². The number of aliphatic hydroxyl groups excluding tert-OH is 1. The Hall–Kier alpha value is -1.68. The van der Waals surface area contributed by atoms with Crippen molar-refractivity contribution in [2.24, 2.45) is 0 Å². The Morgan fingerprint density at radius 3 is 2.90 bits per heavy atom. The molecule has 0 saturated heterocycles. The maximum atomic E-state index is 12.3. The summed E-state index contributed by atoms with van der Waals surface area (Å²) in [6, 6.07) is 3.43. The SMILES string of the molecule is COC(=O)C(CO)NS(=O)(=O)c1c(Cl)nc2ccccn12. The summed E-state index contributed by atoms with van der Waals surface area (Å²) in [7, 11) is -3.10. The highest BCUT2D eigenvalue weighted by Crippen LogP contribution is 2.22. The predicted octanol–water partition coefficient (Wildman–Crippen LogP) is -0.200. The second-order valence-corrected chi connectivity index (χ2v) is 6.00. The number of rotatable bonds is 5. The summed E-state index contributed by atoms with van der Waals surface area (Å²) < 4.78 is 32.4. The fraction of sp³-hybridized carbons (Fsp3) is 0.273. The Morgan fingerprint density at radius 1 is 1.57 bits per heavy atom. The van der Waals surface area contributed by atoms with E-state index in [1.54, 1.807) is 18.2 Å². The molecule has 8 nitrogen and oxygen atoms in total. The van der Waals surface area contributed by atoms with Gasteiger partial charge in [0.25, 0.3) is 10.0 Å². The van der Waals surface area contributed by atoms with Crippen molar-refractivity contribution in [3.63, 3.8) is 0 Å². The smallest absolute Gasteiger partial charge is 0.326 e. The Bertz CT molecular complexity index is 773. The van der Waals surface area contributed by atoms with Crippen LogP contribution in [0.3, 0.4) is 0 Å². The number of esters is 1. The van der Waals surface area contributed by atoms with Crippen LogP contribution in [0, 0.1) is 0 Å². The minimum Gasteiger partial charge on any atom is -0.468 e. The monoisotopic (exact) mass is 333 g/mol. The second kappa shape index (κ2) is 5.98. The van der Waals surface area contributed by atoms with E-state index >= 15 is 0 Å². The van der Waals surface area contributed by atoms with Crippen molar-refractivity contribution in [3.05, 3.63) is 29.5 Å². The molecule has 0 aliphatic rings. The van der Waals surface area contributed by atoms with Gasteiger partial charge < -0.3 is 9.84 Å². The summed E-state index contributed by atoms with van der Waals surface area (Å²) in [5.41, 5.74) is 0.335. The number of carbonyl (C=O) groups excluding carboxylic acids is 1. The number of hydrogen-bond donors (Lipinski definition) is 2. The van der Waals surface area contributed by atoms with E-state index in [1.165, 1.54) is 10.6 Å². The quantitative estimate of drug-likeness (QED) is 0.733. The average Bonchev–Trinajstić information content (AvgIpc) is 2.80. The molecule has 114 valence electrons. The van der Waals surface area contributed by atoms with E-state index in [4.69, 9.17) is 16.7 Å². The van der Waals surface area contributed by atoms with Gasteiger partial charge >= 0.3 is 5.97 Å². The molecular weight excluding hydrogens is 322 g/mol. The maximum Gasteiger partial charge on any atom is 0.326 e. The molecule has 0 radical (unpaired) electrons. The number of nitrogens with one attached hydrogen (secondary N) is 1. The number of ether oxygens (including phenoxy) is 1. The molecule has 0 aromatic carbocycles. The second-order valence-electron chi connectivity index (χ2n) is 4.02. The summed E-state index contributed by atoms with van der Waals surface area (Å²) >= 11 is 5.86. The lowest BCUT2D eigenvalue weighted by Gasteiger charge is -2.14. The van der Waals surface area contributed by atoms with Gasteiger partial charge in [-0.3, -0.25) is 9.20 Å². The van der Waals surface area contributed by atoms with Crippen molar-refractivity contribution in [3.8, 4) is 0 Å². The van der Waals surface area contributed by atoms with Crippen LogP contribution in [-0.2, 0) is 19.6 Å². The first-order chi connectivity index (χ1) is 9.90. The summed E-state index contributed by atoms with van der Waals surface area (Å²) in [6.45, 7) is -0.750. The van der Waals surface area contributed by atoms with Crippen LogP contribution in [-0.4, -0.2) is 48.6 Å². The number of nitrogens with zero attached hydrogens (tertiary/aromatic N) is 2.